The van der Waals surface area contributed by atoms with Gasteiger partial charge in [0.2, 0.25) is 0 Å². The fourth-order valence-corrected chi connectivity index (χ4v) is 3.85. The summed E-state index contributed by atoms with van der Waals surface area (Å²) < 4.78 is 5.14. The molecule has 3 N–H and O–H groups in total. The standard InChI is InChI=1S/C18H19ClN2O4S/c1-25-14-7-6-12(19)9-13(14)21-17(23)16(22)20-10-18(24,11-4-5-11)15-3-2-8-26-15/h2-3,6-9,11,24H,4-5,10H2,1H3,(H,20,22)(H,21,23)/t18-/m0/s1. The van der Waals surface area contributed by atoms with Crippen molar-refractivity contribution in [1.82, 2.24) is 5.32 Å². The van der Waals surface area contributed by atoms with Gasteiger partial charge in [0.15, 0.2) is 0 Å². The van der Waals surface area contributed by atoms with Crippen LogP contribution in [-0.2, 0) is 15.2 Å². The van der Waals surface area contributed by atoms with Gasteiger partial charge in [-0.1, -0.05) is 17.7 Å². The van der Waals surface area contributed by atoms with Gasteiger partial charge >= 0.3 is 11.8 Å². The summed E-state index contributed by atoms with van der Waals surface area (Å²) in [6.45, 7) is -0.0168. The minimum Gasteiger partial charge on any atom is -0.495 e. The predicted molar refractivity (Wildman–Crippen MR) is 101 cm³/mol. The molecule has 1 aromatic heterocycles. The Bertz CT molecular complexity index is 808. The number of carbonyl (C=O) groups excluding carboxylic acids is 2. The lowest BCUT2D eigenvalue weighted by molar-refractivity contribution is -0.137. The number of halogens is 1. The molecule has 26 heavy (non-hydrogen) atoms. The molecule has 1 atom stereocenters. The van der Waals surface area contributed by atoms with Crippen molar-refractivity contribution in [2.75, 3.05) is 19.0 Å². The van der Waals surface area contributed by atoms with E-state index in [1.807, 2.05) is 17.5 Å². The molecule has 1 saturated carbocycles. The molecule has 2 amide bonds. The first kappa shape index (κ1) is 18.7. The highest BCUT2D eigenvalue weighted by molar-refractivity contribution is 7.10. The molecular weight excluding hydrogens is 376 g/mol. The summed E-state index contributed by atoms with van der Waals surface area (Å²) in [5, 5.41) is 18.3. The summed E-state index contributed by atoms with van der Waals surface area (Å²) in [6, 6.07) is 8.41. The monoisotopic (exact) mass is 394 g/mol. The number of anilines is 1. The van der Waals surface area contributed by atoms with E-state index in [-0.39, 0.29) is 12.5 Å². The van der Waals surface area contributed by atoms with Gasteiger partial charge in [-0.05, 0) is 48.4 Å². The Balaban J connectivity index is 1.64. The Morgan fingerprint density at radius 3 is 2.73 bits per heavy atom. The van der Waals surface area contributed by atoms with Crippen molar-refractivity contribution in [2.45, 2.75) is 18.4 Å². The van der Waals surface area contributed by atoms with Crippen molar-refractivity contribution in [3.8, 4) is 5.75 Å². The zero-order chi connectivity index (χ0) is 18.7. The van der Waals surface area contributed by atoms with Gasteiger partial charge in [-0.15, -0.1) is 11.3 Å². The summed E-state index contributed by atoms with van der Waals surface area (Å²) >= 11 is 7.35. The first-order valence-corrected chi connectivity index (χ1v) is 9.39. The average molecular weight is 395 g/mol. The number of rotatable bonds is 6. The van der Waals surface area contributed by atoms with Crippen molar-refractivity contribution in [3.63, 3.8) is 0 Å². The van der Waals surface area contributed by atoms with E-state index < -0.39 is 17.4 Å². The second-order valence-electron chi connectivity index (χ2n) is 6.16. The Labute approximate surface area is 160 Å². The third kappa shape index (κ3) is 4.00. The lowest BCUT2D eigenvalue weighted by Gasteiger charge is -2.27. The number of carbonyl (C=O) groups is 2. The first-order valence-electron chi connectivity index (χ1n) is 8.13. The van der Waals surface area contributed by atoms with Crippen LogP contribution in [0.2, 0.25) is 5.02 Å². The Morgan fingerprint density at radius 1 is 1.35 bits per heavy atom. The number of hydrogen-bond donors (Lipinski definition) is 3. The fourth-order valence-electron chi connectivity index (χ4n) is 2.77. The number of thiophene rings is 1. The van der Waals surface area contributed by atoms with Crippen LogP contribution in [0.1, 0.15) is 17.7 Å². The number of amides is 2. The topological polar surface area (TPSA) is 87.7 Å². The highest BCUT2D eigenvalue weighted by atomic mass is 35.5. The number of benzene rings is 1. The lowest BCUT2D eigenvalue weighted by Crippen LogP contribution is -2.45. The molecule has 0 radical (unpaired) electrons. The lowest BCUT2D eigenvalue weighted by atomic mass is 9.95. The van der Waals surface area contributed by atoms with Crippen molar-refractivity contribution >= 4 is 40.4 Å². The number of aliphatic hydroxyl groups is 1. The number of ether oxygens (including phenoxy) is 1. The van der Waals surface area contributed by atoms with Crippen LogP contribution in [0.25, 0.3) is 0 Å². The molecule has 1 heterocycles. The van der Waals surface area contributed by atoms with Gasteiger partial charge < -0.3 is 20.5 Å². The molecule has 8 heteroatoms. The third-order valence-electron chi connectivity index (χ3n) is 4.33. The molecule has 0 aliphatic heterocycles. The van der Waals surface area contributed by atoms with Gasteiger partial charge in [0.1, 0.15) is 11.4 Å². The molecule has 3 rings (SSSR count). The predicted octanol–water partition coefficient (Wildman–Crippen LogP) is 2.76. The van der Waals surface area contributed by atoms with Crippen molar-refractivity contribution in [1.29, 1.82) is 0 Å². The van der Waals surface area contributed by atoms with Crippen LogP contribution in [0.3, 0.4) is 0 Å². The van der Waals surface area contributed by atoms with Crippen LogP contribution in [0.4, 0.5) is 5.69 Å². The number of methoxy groups -OCH3 is 1. The second kappa shape index (κ2) is 7.65. The van der Waals surface area contributed by atoms with Gasteiger partial charge in [0.25, 0.3) is 0 Å². The van der Waals surface area contributed by atoms with Crippen LogP contribution in [0, 0.1) is 5.92 Å². The molecule has 1 aromatic carbocycles. The quantitative estimate of drug-likeness (QED) is 0.657. The molecule has 138 valence electrons. The molecule has 0 bridgehead atoms. The van der Waals surface area contributed by atoms with Gasteiger partial charge in [-0.3, -0.25) is 9.59 Å². The maximum atomic E-state index is 12.2. The third-order valence-corrected chi connectivity index (χ3v) is 5.61. The molecule has 6 nitrogen and oxygen atoms in total. The molecule has 0 saturated heterocycles. The molecule has 2 aromatic rings. The summed E-state index contributed by atoms with van der Waals surface area (Å²) in [4.78, 5) is 25.2. The largest absolute Gasteiger partial charge is 0.495 e. The molecule has 1 aliphatic rings. The van der Waals surface area contributed by atoms with Gasteiger partial charge in [0.05, 0.1) is 19.3 Å². The van der Waals surface area contributed by atoms with Gasteiger partial charge in [-0.25, -0.2) is 0 Å². The summed E-state index contributed by atoms with van der Waals surface area (Å²) in [6.07, 6.45) is 1.80. The minimum atomic E-state index is -1.14. The molecular formula is C18H19ClN2O4S. The Hall–Kier alpha value is -2.09. The maximum Gasteiger partial charge on any atom is 0.313 e. The zero-order valence-electron chi connectivity index (χ0n) is 14.1. The second-order valence-corrected chi connectivity index (χ2v) is 7.54. The molecule has 1 fully saturated rings. The summed E-state index contributed by atoms with van der Waals surface area (Å²) in [7, 11) is 1.45. The highest BCUT2D eigenvalue weighted by Crippen LogP contribution is 2.46. The van der Waals surface area contributed by atoms with Crippen molar-refractivity contribution < 1.29 is 19.4 Å². The van der Waals surface area contributed by atoms with Crippen LogP contribution in [0.5, 0.6) is 5.75 Å². The van der Waals surface area contributed by atoms with E-state index in [4.69, 9.17) is 16.3 Å². The normalized spacial score (nSPS) is 15.8. The summed E-state index contributed by atoms with van der Waals surface area (Å²) in [5.74, 6) is -1.20. The average Bonchev–Trinajstić information content (AvgIpc) is 3.34. The molecule has 0 spiro atoms. The number of hydrogen-bond acceptors (Lipinski definition) is 5. The van der Waals surface area contributed by atoms with Crippen LogP contribution in [0.15, 0.2) is 35.7 Å². The fraction of sp³-hybridized carbons (Fsp3) is 0.333. The van der Waals surface area contributed by atoms with E-state index in [1.165, 1.54) is 24.5 Å². The van der Waals surface area contributed by atoms with Crippen molar-refractivity contribution in [3.05, 3.63) is 45.6 Å². The van der Waals surface area contributed by atoms with E-state index in [2.05, 4.69) is 10.6 Å². The van der Waals surface area contributed by atoms with E-state index in [0.717, 1.165) is 17.7 Å². The summed E-state index contributed by atoms with van der Waals surface area (Å²) in [5.41, 5.74) is -0.839. The zero-order valence-corrected chi connectivity index (χ0v) is 15.7. The van der Waals surface area contributed by atoms with Crippen molar-refractivity contribution in [2.24, 2.45) is 5.92 Å². The van der Waals surface area contributed by atoms with Gasteiger partial charge in [-0.2, -0.15) is 0 Å². The smallest absolute Gasteiger partial charge is 0.313 e. The Morgan fingerprint density at radius 2 is 2.12 bits per heavy atom. The minimum absolute atomic E-state index is 0.0168. The molecule has 0 unspecified atom stereocenters. The van der Waals surface area contributed by atoms with E-state index in [9.17, 15) is 14.7 Å². The molecule has 1 aliphatic carbocycles. The highest BCUT2D eigenvalue weighted by Gasteiger charge is 2.46. The Kier molecular flexibility index (Phi) is 5.50. The SMILES string of the molecule is COc1ccc(Cl)cc1NC(=O)C(=O)NC[C@@](O)(c1cccs1)C1CC1. The van der Waals surface area contributed by atoms with Crippen LogP contribution < -0.4 is 15.4 Å². The number of nitrogens with one attached hydrogen (secondary N) is 2. The van der Waals surface area contributed by atoms with Gasteiger partial charge in [0, 0.05) is 9.90 Å². The van der Waals surface area contributed by atoms with E-state index >= 15 is 0 Å². The van der Waals surface area contributed by atoms with Crippen LogP contribution in [-0.4, -0.2) is 30.6 Å². The van der Waals surface area contributed by atoms with E-state index in [1.54, 1.807) is 12.1 Å². The van der Waals surface area contributed by atoms with Crippen LogP contribution >= 0.6 is 22.9 Å². The maximum absolute atomic E-state index is 12.2. The van der Waals surface area contributed by atoms with E-state index in [0.29, 0.717) is 16.5 Å². The first-order chi connectivity index (χ1) is 12.4.